The van der Waals surface area contributed by atoms with E-state index in [1.54, 1.807) is 13.0 Å². The maximum Gasteiger partial charge on any atom is 0.264 e. The minimum Gasteiger partial charge on any atom is -0.494 e. The van der Waals surface area contributed by atoms with Crippen LogP contribution in [0.25, 0.3) is 0 Å². The van der Waals surface area contributed by atoms with Crippen LogP contribution >= 0.6 is 23.2 Å². The third kappa shape index (κ3) is 3.54. The number of rotatable bonds is 5. The van der Waals surface area contributed by atoms with E-state index in [1.807, 2.05) is 0 Å². The number of methoxy groups -OCH3 is 1. The summed E-state index contributed by atoms with van der Waals surface area (Å²) < 4.78 is 45.3. The molecule has 0 aromatic heterocycles. The van der Waals surface area contributed by atoms with E-state index in [0.717, 1.165) is 10.4 Å². The predicted octanol–water partition coefficient (Wildman–Crippen LogP) is 4.36. The number of sulfonamides is 1. The molecule has 0 aliphatic heterocycles. The lowest BCUT2D eigenvalue weighted by molar-refractivity contribution is 0.385. The van der Waals surface area contributed by atoms with Gasteiger partial charge in [0.25, 0.3) is 10.0 Å². The molecule has 2 aromatic carbocycles. The van der Waals surface area contributed by atoms with Gasteiger partial charge in [-0.3, -0.25) is 4.31 Å². The van der Waals surface area contributed by atoms with Crippen molar-refractivity contribution in [3.8, 4) is 5.75 Å². The Labute approximate surface area is 144 Å². The summed E-state index contributed by atoms with van der Waals surface area (Å²) >= 11 is 12.0. The minimum absolute atomic E-state index is 0.0345. The van der Waals surface area contributed by atoms with Crippen LogP contribution in [0.1, 0.15) is 6.92 Å². The third-order valence-electron chi connectivity index (χ3n) is 3.18. The van der Waals surface area contributed by atoms with Crippen LogP contribution in [0, 0.1) is 5.82 Å². The van der Waals surface area contributed by atoms with Crippen molar-refractivity contribution < 1.29 is 17.5 Å². The molecule has 0 unspecified atom stereocenters. The number of ether oxygens (including phenoxy) is 1. The quantitative estimate of drug-likeness (QED) is 0.777. The Hall–Kier alpha value is -1.50. The zero-order valence-corrected chi connectivity index (χ0v) is 14.7. The molecule has 0 radical (unpaired) electrons. The first kappa shape index (κ1) is 17.8. The van der Waals surface area contributed by atoms with Crippen LogP contribution in [0.15, 0.2) is 41.3 Å². The molecule has 0 fully saturated rings. The molecule has 0 heterocycles. The Balaban J connectivity index is 2.55. The number of halogens is 3. The fourth-order valence-corrected chi connectivity index (χ4v) is 4.01. The number of hydrogen-bond acceptors (Lipinski definition) is 3. The van der Waals surface area contributed by atoms with Gasteiger partial charge in [0.15, 0.2) is 11.6 Å². The van der Waals surface area contributed by atoms with Crippen LogP contribution < -0.4 is 9.04 Å². The maximum atomic E-state index is 13.8. The summed E-state index contributed by atoms with van der Waals surface area (Å²) in [6.45, 7) is 1.75. The van der Waals surface area contributed by atoms with E-state index in [1.165, 1.54) is 31.4 Å². The fourth-order valence-electron chi connectivity index (χ4n) is 2.08. The van der Waals surface area contributed by atoms with Crippen molar-refractivity contribution in [2.24, 2.45) is 0 Å². The Morgan fingerprint density at radius 3 is 2.43 bits per heavy atom. The van der Waals surface area contributed by atoms with Crippen molar-refractivity contribution in [1.82, 2.24) is 0 Å². The van der Waals surface area contributed by atoms with E-state index < -0.39 is 15.8 Å². The molecule has 8 heteroatoms. The fraction of sp³-hybridized carbons (Fsp3) is 0.200. The molecule has 4 nitrogen and oxygen atoms in total. The van der Waals surface area contributed by atoms with Crippen molar-refractivity contribution in [3.05, 3.63) is 52.3 Å². The normalized spacial score (nSPS) is 11.3. The minimum atomic E-state index is -4.00. The van der Waals surface area contributed by atoms with Gasteiger partial charge in [-0.15, -0.1) is 0 Å². The first-order valence-electron chi connectivity index (χ1n) is 6.62. The van der Waals surface area contributed by atoms with Crippen molar-refractivity contribution in [2.45, 2.75) is 11.8 Å². The van der Waals surface area contributed by atoms with E-state index in [-0.39, 0.29) is 27.9 Å². The molecule has 0 N–H and O–H groups in total. The van der Waals surface area contributed by atoms with Gasteiger partial charge in [-0.25, -0.2) is 12.8 Å². The number of benzene rings is 2. The number of hydrogen-bond donors (Lipinski definition) is 0. The van der Waals surface area contributed by atoms with Crippen molar-refractivity contribution in [3.63, 3.8) is 0 Å². The molecular weight excluding hydrogens is 364 g/mol. The number of anilines is 1. The molecule has 0 spiro atoms. The van der Waals surface area contributed by atoms with Crippen LogP contribution in [0.4, 0.5) is 10.1 Å². The molecule has 2 aromatic rings. The molecule has 0 saturated heterocycles. The standard InChI is InChI=1S/C15H14Cl2FNO3S/c1-3-19(14-8-10(16)4-6-12(14)17)23(20,21)11-5-7-15(22-2)13(18)9-11/h4-9H,3H2,1-2H3. The third-order valence-corrected chi connectivity index (χ3v) is 5.61. The van der Waals surface area contributed by atoms with Gasteiger partial charge in [0.2, 0.25) is 0 Å². The molecule has 0 aliphatic carbocycles. The van der Waals surface area contributed by atoms with Crippen LogP contribution in [0.5, 0.6) is 5.75 Å². The van der Waals surface area contributed by atoms with Gasteiger partial charge >= 0.3 is 0 Å². The highest BCUT2D eigenvalue weighted by atomic mass is 35.5. The highest BCUT2D eigenvalue weighted by Gasteiger charge is 2.26. The molecule has 0 bridgehead atoms. The molecule has 0 saturated carbocycles. The van der Waals surface area contributed by atoms with Gasteiger partial charge in [-0.1, -0.05) is 23.2 Å². The van der Waals surface area contributed by atoms with Crippen LogP contribution in [0.3, 0.4) is 0 Å². The van der Waals surface area contributed by atoms with E-state index in [4.69, 9.17) is 27.9 Å². The second-order valence-electron chi connectivity index (χ2n) is 4.56. The molecular formula is C15H14Cl2FNO3S. The summed E-state index contributed by atoms with van der Waals surface area (Å²) in [5, 5.41) is 0.577. The Kier molecular flexibility index (Phi) is 5.39. The maximum absolute atomic E-state index is 13.8. The van der Waals surface area contributed by atoms with E-state index in [0.29, 0.717) is 5.02 Å². The smallest absolute Gasteiger partial charge is 0.264 e. The zero-order valence-electron chi connectivity index (χ0n) is 12.4. The highest BCUT2D eigenvalue weighted by molar-refractivity contribution is 7.92. The average molecular weight is 378 g/mol. The lowest BCUT2D eigenvalue weighted by Crippen LogP contribution is -2.31. The monoisotopic (exact) mass is 377 g/mol. The van der Waals surface area contributed by atoms with E-state index in [9.17, 15) is 12.8 Å². The largest absolute Gasteiger partial charge is 0.494 e. The van der Waals surface area contributed by atoms with Crippen molar-refractivity contribution in [1.29, 1.82) is 0 Å². The van der Waals surface area contributed by atoms with Gasteiger partial charge < -0.3 is 4.74 Å². The second-order valence-corrected chi connectivity index (χ2v) is 7.27. The second kappa shape index (κ2) is 6.95. The number of nitrogens with zero attached hydrogens (tertiary/aromatic N) is 1. The molecule has 2 rings (SSSR count). The first-order valence-corrected chi connectivity index (χ1v) is 8.82. The van der Waals surface area contributed by atoms with Crippen molar-refractivity contribution >= 4 is 38.9 Å². The van der Waals surface area contributed by atoms with Crippen LogP contribution in [0.2, 0.25) is 10.0 Å². The van der Waals surface area contributed by atoms with Gasteiger partial charge in [0.05, 0.1) is 22.7 Å². The molecule has 0 atom stereocenters. The summed E-state index contributed by atoms with van der Waals surface area (Å²) in [6, 6.07) is 7.96. The molecule has 124 valence electrons. The first-order chi connectivity index (χ1) is 10.8. The van der Waals surface area contributed by atoms with Crippen LogP contribution in [-0.4, -0.2) is 22.1 Å². The van der Waals surface area contributed by atoms with Gasteiger partial charge in [0, 0.05) is 11.6 Å². The topological polar surface area (TPSA) is 46.6 Å². The SMILES string of the molecule is CCN(c1cc(Cl)ccc1Cl)S(=O)(=O)c1ccc(OC)c(F)c1. The lowest BCUT2D eigenvalue weighted by Gasteiger charge is -2.24. The van der Waals surface area contributed by atoms with Crippen molar-refractivity contribution in [2.75, 3.05) is 18.0 Å². The van der Waals surface area contributed by atoms with Gasteiger partial charge in [0.1, 0.15) is 0 Å². The lowest BCUT2D eigenvalue weighted by atomic mass is 10.3. The van der Waals surface area contributed by atoms with E-state index in [2.05, 4.69) is 0 Å². The van der Waals surface area contributed by atoms with E-state index >= 15 is 0 Å². The predicted molar refractivity (Wildman–Crippen MR) is 89.6 cm³/mol. The highest BCUT2D eigenvalue weighted by Crippen LogP contribution is 2.33. The Morgan fingerprint density at radius 2 is 1.87 bits per heavy atom. The average Bonchev–Trinajstić information content (AvgIpc) is 2.51. The van der Waals surface area contributed by atoms with Gasteiger partial charge in [-0.2, -0.15) is 0 Å². The van der Waals surface area contributed by atoms with Gasteiger partial charge in [-0.05, 0) is 43.3 Å². The zero-order chi connectivity index (χ0) is 17.2. The summed E-state index contributed by atoms with van der Waals surface area (Å²) in [7, 11) is -2.69. The Morgan fingerprint density at radius 1 is 1.17 bits per heavy atom. The molecule has 23 heavy (non-hydrogen) atoms. The van der Waals surface area contributed by atoms with Crippen LogP contribution in [-0.2, 0) is 10.0 Å². The summed E-state index contributed by atoms with van der Waals surface area (Å²) in [4.78, 5) is -0.200. The summed E-state index contributed by atoms with van der Waals surface area (Å²) in [5.74, 6) is -0.797. The molecule has 0 aliphatic rings. The summed E-state index contributed by atoms with van der Waals surface area (Å²) in [5.41, 5.74) is 0.234. The summed E-state index contributed by atoms with van der Waals surface area (Å²) in [6.07, 6.45) is 0. The Bertz CT molecular complexity index is 827. The molecule has 0 amide bonds.